The normalized spacial score (nSPS) is 9.82. The number of carbonyl (C=O) groups excluding carboxylic acids is 1. The van der Waals surface area contributed by atoms with E-state index in [9.17, 15) is 9.18 Å². The molecule has 0 fully saturated rings. The van der Waals surface area contributed by atoms with Crippen LogP contribution in [0.2, 0.25) is 0 Å². The number of benzene rings is 2. The van der Waals surface area contributed by atoms with E-state index in [1.165, 1.54) is 6.07 Å². The van der Waals surface area contributed by atoms with Crippen LogP contribution < -0.4 is 9.47 Å². The van der Waals surface area contributed by atoms with Crippen LogP contribution in [0, 0.1) is 18.2 Å². The second-order valence-electron chi connectivity index (χ2n) is 4.13. The van der Waals surface area contributed by atoms with Crippen molar-refractivity contribution in [3.05, 3.63) is 54.3 Å². The molecule has 0 heterocycles. The lowest BCUT2D eigenvalue weighted by Gasteiger charge is -2.09. The highest BCUT2D eigenvalue weighted by Crippen LogP contribution is 2.27. The first kappa shape index (κ1) is 15.9. The summed E-state index contributed by atoms with van der Waals surface area (Å²) in [5, 5.41) is 0. The summed E-state index contributed by atoms with van der Waals surface area (Å²) in [5.41, 5.74) is 0. The van der Waals surface area contributed by atoms with Crippen molar-refractivity contribution in [1.29, 1.82) is 0 Å². The van der Waals surface area contributed by atoms with E-state index in [-0.39, 0.29) is 23.9 Å². The highest BCUT2D eigenvalue weighted by molar-refractivity contribution is 8.00. The second kappa shape index (κ2) is 8.11. The molecule has 2 rings (SSSR count). The van der Waals surface area contributed by atoms with Gasteiger partial charge in [-0.1, -0.05) is 30.2 Å². The zero-order valence-electron chi connectivity index (χ0n) is 11.6. The fourth-order valence-electron chi connectivity index (χ4n) is 1.62. The third-order valence-electron chi connectivity index (χ3n) is 2.57. The topological polar surface area (TPSA) is 35.5 Å². The summed E-state index contributed by atoms with van der Waals surface area (Å²) in [6, 6.07) is 13.0. The van der Waals surface area contributed by atoms with E-state index < -0.39 is 5.97 Å². The van der Waals surface area contributed by atoms with Crippen LogP contribution in [-0.2, 0) is 4.79 Å². The van der Waals surface area contributed by atoms with Gasteiger partial charge in [-0.2, -0.15) is 0 Å². The molecule has 112 valence electrons. The van der Waals surface area contributed by atoms with E-state index in [4.69, 9.17) is 15.9 Å². The zero-order valence-corrected chi connectivity index (χ0v) is 12.4. The Morgan fingerprint density at radius 3 is 2.55 bits per heavy atom. The summed E-state index contributed by atoms with van der Waals surface area (Å²) >= 11 is 1.08. The van der Waals surface area contributed by atoms with Crippen molar-refractivity contribution < 1.29 is 18.7 Å². The van der Waals surface area contributed by atoms with Crippen molar-refractivity contribution in [2.45, 2.75) is 4.90 Å². The molecule has 3 nitrogen and oxygen atoms in total. The third-order valence-corrected chi connectivity index (χ3v) is 3.59. The first-order chi connectivity index (χ1) is 10.7. The van der Waals surface area contributed by atoms with Crippen LogP contribution in [0.5, 0.6) is 11.5 Å². The van der Waals surface area contributed by atoms with Crippen LogP contribution >= 0.6 is 11.8 Å². The summed E-state index contributed by atoms with van der Waals surface area (Å²) in [6.45, 7) is 0.0819. The molecule has 2 aromatic carbocycles. The number of para-hydroxylation sites is 2. The molecule has 5 heteroatoms. The lowest BCUT2D eigenvalue weighted by Crippen LogP contribution is -2.11. The molecule has 0 unspecified atom stereocenters. The van der Waals surface area contributed by atoms with Crippen LogP contribution in [0.15, 0.2) is 53.4 Å². The molecule has 0 atom stereocenters. The molecule has 0 spiro atoms. The Morgan fingerprint density at radius 1 is 1.14 bits per heavy atom. The van der Waals surface area contributed by atoms with Gasteiger partial charge in [-0.3, -0.25) is 4.79 Å². The molecule has 0 aliphatic heterocycles. The van der Waals surface area contributed by atoms with Crippen LogP contribution in [0.3, 0.4) is 0 Å². The third kappa shape index (κ3) is 4.54. The average Bonchev–Trinajstić information content (AvgIpc) is 2.53. The molecule has 2 aromatic rings. The molecular weight excluding hydrogens is 303 g/mol. The fraction of sp³-hybridized carbons (Fsp3) is 0.118. The summed E-state index contributed by atoms with van der Waals surface area (Å²) < 4.78 is 24.0. The number of ether oxygens (including phenoxy) is 2. The maximum Gasteiger partial charge on any atom is 0.321 e. The zero-order chi connectivity index (χ0) is 15.8. The van der Waals surface area contributed by atoms with Gasteiger partial charge in [0.15, 0.2) is 11.5 Å². The number of hydrogen-bond donors (Lipinski definition) is 0. The van der Waals surface area contributed by atoms with Gasteiger partial charge >= 0.3 is 5.97 Å². The summed E-state index contributed by atoms with van der Waals surface area (Å²) in [6.07, 6.45) is 5.13. The van der Waals surface area contributed by atoms with Crippen LogP contribution in [-0.4, -0.2) is 18.3 Å². The van der Waals surface area contributed by atoms with Gasteiger partial charge in [0.25, 0.3) is 0 Å². The van der Waals surface area contributed by atoms with E-state index in [2.05, 4.69) is 5.92 Å². The Balaban J connectivity index is 1.95. The standard InChI is InChI=1S/C17H13FO3S/c1-2-11-20-14-8-4-5-9-15(14)21-17(19)12-22-16-10-6-3-7-13(16)18/h1,3-10H,11-12H2. The molecular formula is C17H13FO3S. The van der Waals surface area contributed by atoms with E-state index in [1.54, 1.807) is 42.5 Å². The molecule has 0 aliphatic carbocycles. The first-order valence-corrected chi connectivity index (χ1v) is 7.42. The summed E-state index contributed by atoms with van der Waals surface area (Å²) in [7, 11) is 0. The maximum absolute atomic E-state index is 13.5. The Labute approximate surface area is 132 Å². The number of carbonyl (C=O) groups is 1. The smallest absolute Gasteiger partial charge is 0.321 e. The van der Waals surface area contributed by atoms with Gasteiger partial charge in [-0.05, 0) is 24.3 Å². The molecule has 0 saturated carbocycles. The summed E-state index contributed by atoms with van der Waals surface area (Å²) in [5.74, 6) is 2.16. The van der Waals surface area contributed by atoms with Crippen molar-refractivity contribution in [3.8, 4) is 23.8 Å². The van der Waals surface area contributed by atoms with Crippen molar-refractivity contribution >= 4 is 17.7 Å². The van der Waals surface area contributed by atoms with E-state index in [0.717, 1.165) is 11.8 Å². The van der Waals surface area contributed by atoms with Crippen molar-refractivity contribution in [1.82, 2.24) is 0 Å². The van der Waals surface area contributed by atoms with Gasteiger partial charge in [0, 0.05) is 4.90 Å². The maximum atomic E-state index is 13.5. The Morgan fingerprint density at radius 2 is 1.82 bits per heavy atom. The van der Waals surface area contributed by atoms with Gasteiger partial charge < -0.3 is 9.47 Å². The van der Waals surface area contributed by atoms with E-state index >= 15 is 0 Å². The number of thioether (sulfide) groups is 1. The van der Waals surface area contributed by atoms with Crippen molar-refractivity contribution in [3.63, 3.8) is 0 Å². The van der Waals surface area contributed by atoms with Crippen LogP contribution in [0.1, 0.15) is 0 Å². The summed E-state index contributed by atoms with van der Waals surface area (Å²) in [4.78, 5) is 12.3. The predicted molar refractivity (Wildman–Crippen MR) is 83.5 cm³/mol. The molecule has 0 N–H and O–H groups in total. The Kier molecular flexibility index (Phi) is 5.87. The molecule has 0 aliphatic rings. The largest absolute Gasteiger partial charge is 0.477 e. The number of halogens is 1. The van der Waals surface area contributed by atoms with Crippen LogP contribution in [0.25, 0.3) is 0 Å². The molecule has 0 radical (unpaired) electrons. The van der Waals surface area contributed by atoms with Gasteiger partial charge in [-0.15, -0.1) is 18.2 Å². The van der Waals surface area contributed by atoms with E-state index in [0.29, 0.717) is 10.6 Å². The molecule has 0 amide bonds. The molecule has 22 heavy (non-hydrogen) atoms. The number of rotatable bonds is 6. The molecule has 0 saturated heterocycles. The minimum atomic E-state index is -0.495. The quantitative estimate of drug-likeness (QED) is 0.353. The van der Waals surface area contributed by atoms with Crippen molar-refractivity contribution in [2.75, 3.05) is 12.4 Å². The van der Waals surface area contributed by atoms with Gasteiger partial charge in [0.05, 0.1) is 5.75 Å². The van der Waals surface area contributed by atoms with Gasteiger partial charge in [0.1, 0.15) is 12.4 Å². The number of terminal acetylenes is 1. The van der Waals surface area contributed by atoms with Gasteiger partial charge in [-0.25, -0.2) is 4.39 Å². The minimum Gasteiger partial charge on any atom is -0.477 e. The lowest BCUT2D eigenvalue weighted by atomic mass is 10.3. The average molecular weight is 316 g/mol. The van der Waals surface area contributed by atoms with Crippen LogP contribution in [0.4, 0.5) is 4.39 Å². The highest BCUT2D eigenvalue weighted by atomic mass is 32.2. The number of esters is 1. The Bertz CT molecular complexity index is 694. The van der Waals surface area contributed by atoms with Crippen molar-refractivity contribution in [2.24, 2.45) is 0 Å². The van der Waals surface area contributed by atoms with E-state index in [1.807, 2.05) is 0 Å². The van der Waals surface area contributed by atoms with Gasteiger partial charge in [0.2, 0.25) is 0 Å². The Hall–Kier alpha value is -2.45. The fourth-order valence-corrected chi connectivity index (χ4v) is 2.34. The molecule has 0 aromatic heterocycles. The SMILES string of the molecule is C#CCOc1ccccc1OC(=O)CSc1ccccc1F. The predicted octanol–water partition coefficient (Wildman–Crippen LogP) is 3.54. The second-order valence-corrected chi connectivity index (χ2v) is 5.15. The number of hydrogen-bond acceptors (Lipinski definition) is 4. The highest BCUT2D eigenvalue weighted by Gasteiger charge is 2.11. The minimum absolute atomic E-state index is 0.00952. The lowest BCUT2D eigenvalue weighted by molar-refractivity contribution is -0.131. The molecule has 0 bridgehead atoms. The first-order valence-electron chi connectivity index (χ1n) is 6.44. The monoisotopic (exact) mass is 316 g/mol.